The molecule has 3 nitrogen and oxygen atoms in total. The lowest BCUT2D eigenvalue weighted by Crippen LogP contribution is -1.93. The third-order valence-corrected chi connectivity index (χ3v) is 2.42. The van der Waals surface area contributed by atoms with Gasteiger partial charge < -0.3 is 10.3 Å². The normalized spacial score (nSPS) is 11.0. The number of hydrogen-bond donors (Lipinski definition) is 1. The van der Waals surface area contributed by atoms with E-state index in [1.807, 2.05) is 13.8 Å². The Bertz CT molecular complexity index is 488. The fourth-order valence-electron chi connectivity index (χ4n) is 1.62. The highest BCUT2D eigenvalue weighted by atomic mass is 19.1. The molecule has 0 saturated heterocycles. The first-order valence-corrected chi connectivity index (χ1v) is 5.10. The zero-order valence-corrected chi connectivity index (χ0v) is 9.20. The lowest BCUT2D eigenvalue weighted by Gasteiger charge is -2.04. The summed E-state index contributed by atoms with van der Waals surface area (Å²) in [4.78, 5) is 0. The highest BCUT2D eigenvalue weighted by Gasteiger charge is 2.17. The summed E-state index contributed by atoms with van der Waals surface area (Å²) in [5, 5.41) is 3.92. The number of halogens is 1. The molecule has 0 unspecified atom stereocenters. The van der Waals surface area contributed by atoms with Gasteiger partial charge in [-0.3, -0.25) is 0 Å². The standard InChI is InChI=1S/C12H13FN2O/c1-7(2)11-10(12(14)16-15-11)8-3-5-9(13)6-4-8/h3-7H,14H2,1-2H3. The number of nitrogens with two attached hydrogens (primary N) is 1. The Morgan fingerprint density at radius 2 is 1.88 bits per heavy atom. The Balaban J connectivity index is 2.54. The fourth-order valence-corrected chi connectivity index (χ4v) is 1.62. The summed E-state index contributed by atoms with van der Waals surface area (Å²) in [5.74, 6) is 0.210. The Kier molecular flexibility index (Phi) is 2.64. The van der Waals surface area contributed by atoms with Gasteiger partial charge in [0.15, 0.2) is 0 Å². The van der Waals surface area contributed by atoms with E-state index in [0.717, 1.165) is 16.8 Å². The highest BCUT2D eigenvalue weighted by Crippen LogP contribution is 2.33. The monoisotopic (exact) mass is 220 g/mol. The van der Waals surface area contributed by atoms with Crippen LogP contribution in [-0.2, 0) is 0 Å². The van der Waals surface area contributed by atoms with Gasteiger partial charge in [-0.05, 0) is 23.6 Å². The van der Waals surface area contributed by atoms with Crippen molar-refractivity contribution in [3.8, 4) is 11.1 Å². The molecule has 1 aromatic heterocycles. The van der Waals surface area contributed by atoms with Crippen LogP contribution >= 0.6 is 0 Å². The predicted octanol–water partition coefficient (Wildman–Crippen LogP) is 3.19. The molecule has 0 fully saturated rings. The first kappa shape index (κ1) is 10.7. The molecule has 1 heterocycles. The lowest BCUT2D eigenvalue weighted by molar-refractivity contribution is 0.424. The zero-order chi connectivity index (χ0) is 11.7. The van der Waals surface area contributed by atoms with Gasteiger partial charge in [-0.2, -0.15) is 0 Å². The summed E-state index contributed by atoms with van der Waals surface area (Å²) < 4.78 is 17.8. The molecule has 0 atom stereocenters. The van der Waals surface area contributed by atoms with Crippen molar-refractivity contribution in [3.05, 3.63) is 35.8 Å². The number of rotatable bonds is 2. The summed E-state index contributed by atoms with van der Waals surface area (Å²) in [6.07, 6.45) is 0. The van der Waals surface area contributed by atoms with E-state index in [0.29, 0.717) is 0 Å². The van der Waals surface area contributed by atoms with Crippen molar-refractivity contribution in [2.75, 3.05) is 5.73 Å². The molecule has 0 amide bonds. The van der Waals surface area contributed by atoms with Crippen molar-refractivity contribution in [1.82, 2.24) is 5.16 Å². The van der Waals surface area contributed by atoms with Gasteiger partial charge >= 0.3 is 0 Å². The largest absolute Gasteiger partial charge is 0.367 e. The maximum atomic E-state index is 12.8. The first-order chi connectivity index (χ1) is 7.59. The van der Waals surface area contributed by atoms with Crippen LogP contribution in [0.5, 0.6) is 0 Å². The number of nitrogen functional groups attached to an aromatic ring is 1. The van der Waals surface area contributed by atoms with Gasteiger partial charge in [0.2, 0.25) is 5.88 Å². The van der Waals surface area contributed by atoms with Crippen molar-refractivity contribution in [2.45, 2.75) is 19.8 Å². The van der Waals surface area contributed by atoms with Crippen LogP contribution in [0.15, 0.2) is 28.8 Å². The molecular formula is C12H13FN2O. The quantitative estimate of drug-likeness (QED) is 0.845. The topological polar surface area (TPSA) is 52.0 Å². The van der Waals surface area contributed by atoms with E-state index in [2.05, 4.69) is 5.16 Å². The molecular weight excluding hydrogens is 207 g/mol. The molecule has 16 heavy (non-hydrogen) atoms. The van der Waals surface area contributed by atoms with Crippen LogP contribution in [0.4, 0.5) is 10.3 Å². The van der Waals surface area contributed by atoms with Crippen molar-refractivity contribution in [3.63, 3.8) is 0 Å². The molecule has 2 N–H and O–H groups in total. The molecule has 0 radical (unpaired) electrons. The first-order valence-electron chi connectivity index (χ1n) is 5.10. The van der Waals surface area contributed by atoms with E-state index in [-0.39, 0.29) is 17.6 Å². The van der Waals surface area contributed by atoms with Gasteiger partial charge in [0.05, 0.1) is 11.3 Å². The average Bonchev–Trinajstić information content (AvgIpc) is 2.62. The number of nitrogens with zero attached hydrogens (tertiary/aromatic N) is 1. The van der Waals surface area contributed by atoms with Crippen molar-refractivity contribution in [2.24, 2.45) is 0 Å². The van der Waals surface area contributed by atoms with Crippen LogP contribution in [0.25, 0.3) is 11.1 Å². The molecule has 84 valence electrons. The molecule has 1 aromatic carbocycles. The molecule has 4 heteroatoms. The zero-order valence-electron chi connectivity index (χ0n) is 9.20. The third kappa shape index (κ3) is 1.78. The smallest absolute Gasteiger partial charge is 0.230 e. The molecule has 0 spiro atoms. The molecule has 0 saturated carbocycles. The van der Waals surface area contributed by atoms with Crippen molar-refractivity contribution < 1.29 is 8.91 Å². The maximum absolute atomic E-state index is 12.8. The Morgan fingerprint density at radius 1 is 1.25 bits per heavy atom. The SMILES string of the molecule is CC(C)c1noc(N)c1-c1ccc(F)cc1. The summed E-state index contributed by atoms with van der Waals surface area (Å²) in [5.41, 5.74) is 8.10. The third-order valence-electron chi connectivity index (χ3n) is 2.42. The average molecular weight is 220 g/mol. The number of aromatic nitrogens is 1. The van der Waals surface area contributed by atoms with E-state index in [1.54, 1.807) is 12.1 Å². The van der Waals surface area contributed by atoms with Crippen molar-refractivity contribution in [1.29, 1.82) is 0 Å². The second kappa shape index (κ2) is 3.96. The summed E-state index contributed by atoms with van der Waals surface area (Å²) in [6, 6.07) is 6.13. The minimum atomic E-state index is -0.273. The van der Waals surface area contributed by atoms with E-state index in [9.17, 15) is 4.39 Å². The number of anilines is 1. The summed E-state index contributed by atoms with van der Waals surface area (Å²) >= 11 is 0. The van der Waals surface area contributed by atoms with E-state index in [4.69, 9.17) is 10.3 Å². The minimum absolute atomic E-state index is 0.209. The minimum Gasteiger partial charge on any atom is -0.367 e. The van der Waals surface area contributed by atoms with E-state index >= 15 is 0 Å². The van der Waals surface area contributed by atoms with Crippen LogP contribution in [0.1, 0.15) is 25.5 Å². The van der Waals surface area contributed by atoms with E-state index in [1.165, 1.54) is 12.1 Å². The molecule has 2 rings (SSSR count). The van der Waals surface area contributed by atoms with Crippen molar-refractivity contribution >= 4 is 5.88 Å². The molecule has 2 aromatic rings. The molecule has 0 aliphatic heterocycles. The van der Waals surface area contributed by atoms with Crippen LogP contribution in [-0.4, -0.2) is 5.16 Å². The highest BCUT2D eigenvalue weighted by molar-refractivity contribution is 5.75. The Labute approximate surface area is 93.1 Å². The van der Waals surface area contributed by atoms with Crippen LogP contribution < -0.4 is 5.73 Å². The second-order valence-corrected chi connectivity index (χ2v) is 3.97. The second-order valence-electron chi connectivity index (χ2n) is 3.97. The predicted molar refractivity (Wildman–Crippen MR) is 60.4 cm³/mol. The van der Waals surface area contributed by atoms with E-state index < -0.39 is 0 Å². The van der Waals surface area contributed by atoms with Crippen LogP contribution in [0.2, 0.25) is 0 Å². The van der Waals surface area contributed by atoms with Gasteiger partial charge in [-0.25, -0.2) is 4.39 Å². The van der Waals surface area contributed by atoms with Crippen LogP contribution in [0, 0.1) is 5.82 Å². The van der Waals surface area contributed by atoms with Gasteiger partial charge in [0.25, 0.3) is 0 Å². The molecule has 0 bridgehead atoms. The van der Waals surface area contributed by atoms with Gasteiger partial charge in [-0.1, -0.05) is 31.1 Å². The Morgan fingerprint density at radius 3 is 2.44 bits per heavy atom. The van der Waals surface area contributed by atoms with Gasteiger partial charge in [0.1, 0.15) is 5.82 Å². The summed E-state index contributed by atoms with van der Waals surface area (Å²) in [7, 11) is 0. The fraction of sp³-hybridized carbons (Fsp3) is 0.250. The number of benzene rings is 1. The molecule has 0 aliphatic carbocycles. The van der Waals surface area contributed by atoms with Gasteiger partial charge in [-0.15, -0.1) is 0 Å². The Hall–Kier alpha value is -1.84. The van der Waals surface area contributed by atoms with Crippen LogP contribution in [0.3, 0.4) is 0 Å². The number of hydrogen-bond acceptors (Lipinski definition) is 3. The maximum Gasteiger partial charge on any atom is 0.230 e. The summed E-state index contributed by atoms with van der Waals surface area (Å²) in [6.45, 7) is 4.01. The van der Waals surface area contributed by atoms with Gasteiger partial charge in [0, 0.05) is 0 Å². The molecule has 0 aliphatic rings. The lowest BCUT2D eigenvalue weighted by atomic mass is 9.99.